The molecule has 3 aromatic heterocycles. The fraction of sp³-hybridized carbons (Fsp3) is 0.344. The molecule has 1 fully saturated rings. The lowest BCUT2D eigenvalue weighted by Gasteiger charge is -2.38. The topological polar surface area (TPSA) is 128 Å². The summed E-state index contributed by atoms with van der Waals surface area (Å²) in [6.07, 6.45) is 14.0. The highest BCUT2D eigenvalue weighted by Gasteiger charge is 2.33. The number of pyridine rings is 1. The van der Waals surface area contributed by atoms with E-state index in [9.17, 15) is 9.59 Å². The number of aromatic amines is 1. The number of amides is 2. The lowest BCUT2D eigenvalue weighted by molar-refractivity contribution is -0.121. The van der Waals surface area contributed by atoms with Crippen molar-refractivity contribution in [3.05, 3.63) is 78.4 Å². The van der Waals surface area contributed by atoms with Crippen LogP contribution in [0.2, 0.25) is 5.02 Å². The summed E-state index contributed by atoms with van der Waals surface area (Å²) >= 11 is 6.42. The molecule has 3 heterocycles. The van der Waals surface area contributed by atoms with Crippen molar-refractivity contribution in [1.29, 1.82) is 0 Å². The quantitative estimate of drug-likeness (QED) is 0.191. The Hall–Kier alpha value is -4.28. The van der Waals surface area contributed by atoms with Gasteiger partial charge in [0, 0.05) is 60.0 Å². The van der Waals surface area contributed by atoms with Crippen LogP contribution in [0.5, 0.6) is 0 Å². The number of carbonyl (C=O) groups excluding carboxylic acids is 2. The summed E-state index contributed by atoms with van der Waals surface area (Å²) in [7, 11) is 3.90. The average molecular weight is 603 g/mol. The molecule has 1 aliphatic rings. The van der Waals surface area contributed by atoms with Gasteiger partial charge in [0.1, 0.15) is 0 Å². The van der Waals surface area contributed by atoms with Crippen LogP contribution < -0.4 is 16.0 Å². The average Bonchev–Trinajstić information content (AvgIpc) is 3.38. The lowest BCUT2D eigenvalue weighted by Crippen LogP contribution is -2.50. The molecular formula is C32H39ClN8O2. The molecule has 43 heavy (non-hydrogen) atoms. The monoisotopic (exact) mass is 602 g/mol. The van der Waals surface area contributed by atoms with E-state index in [2.05, 4.69) is 37.8 Å². The number of nitrogens with zero attached hydrogens (tertiary/aromatic N) is 4. The fourth-order valence-corrected chi connectivity index (χ4v) is 5.41. The Morgan fingerprint density at radius 2 is 2.00 bits per heavy atom. The van der Waals surface area contributed by atoms with Crippen LogP contribution in [0.3, 0.4) is 0 Å². The highest BCUT2D eigenvalue weighted by molar-refractivity contribution is 6.33. The molecule has 4 N–H and O–H groups in total. The maximum atomic E-state index is 11.5. The Morgan fingerprint density at radius 3 is 2.74 bits per heavy atom. The van der Waals surface area contributed by atoms with Gasteiger partial charge in [0.2, 0.25) is 17.8 Å². The molecule has 11 heteroatoms. The molecule has 226 valence electrons. The van der Waals surface area contributed by atoms with Gasteiger partial charge >= 0.3 is 0 Å². The zero-order valence-corrected chi connectivity index (χ0v) is 25.8. The minimum absolute atomic E-state index is 0.00696. The van der Waals surface area contributed by atoms with E-state index < -0.39 is 0 Å². The van der Waals surface area contributed by atoms with Gasteiger partial charge in [0.05, 0.1) is 28.8 Å². The maximum absolute atomic E-state index is 11.5. The van der Waals surface area contributed by atoms with E-state index in [1.807, 2.05) is 55.5 Å². The molecule has 4 aromatic rings. The molecule has 0 unspecified atom stereocenters. The van der Waals surface area contributed by atoms with Gasteiger partial charge < -0.3 is 25.8 Å². The normalized spacial score (nSPS) is 18.2. The van der Waals surface area contributed by atoms with Crippen LogP contribution in [-0.2, 0) is 9.59 Å². The number of likely N-dealkylation sites (N-methyl/N-ethyl adjacent to an activating group) is 1. The number of halogens is 1. The second kappa shape index (κ2) is 14.8. The van der Waals surface area contributed by atoms with E-state index in [-0.39, 0.29) is 23.4 Å². The Kier molecular flexibility index (Phi) is 10.9. The second-order valence-electron chi connectivity index (χ2n) is 11.2. The Labute approximate surface area is 257 Å². The zero-order chi connectivity index (χ0) is 30.8. The van der Waals surface area contributed by atoms with Gasteiger partial charge in [-0.25, -0.2) is 9.97 Å². The maximum Gasteiger partial charge on any atom is 0.248 e. The van der Waals surface area contributed by atoms with E-state index >= 15 is 0 Å². The van der Waals surface area contributed by atoms with E-state index in [0.29, 0.717) is 22.4 Å². The summed E-state index contributed by atoms with van der Waals surface area (Å²) in [4.78, 5) is 41.1. The van der Waals surface area contributed by atoms with Crippen molar-refractivity contribution >= 4 is 46.0 Å². The number of nitrogens with one attached hydrogen (secondary N) is 4. The van der Waals surface area contributed by atoms with Crippen molar-refractivity contribution in [3.63, 3.8) is 0 Å². The van der Waals surface area contributed by atoms with Crippen molar-refractivity contribution in [3.8, 4) is 11.3 Å². The van der Waals surface area contributed by atoms with Crippen LogP contribution in [0.15, 0.2) is 73.3 Å². The predicted molar refractivity (Wildman–Crippen MR) is 173 cm³/mol. The SMILES string of the molecule is CC(=O)N[C@@]1(C)CCC[C@@H](Nc2ncc(Cl)c(-c3c[nH]c4ccccc34)n2)C1.CN(C)C/C=C/C(=O)Nc1cccnc1. The largest absolute Gasteiger partial charge is 0.360 e. The summed E-state index contributed by atoms with van der Waals surface area (Å²) in [5.41, 5.74) is 3.21. The standard InChI is InChI=1S/C21H24ClN5O.C11H15N3O/c1-13(28)27-21(2)9-5-6-14(10-21)25-20-24-12-17(22)19(26-20)16-11-23-18-8-4-3-7-15(16)18;1-14(2)8-4-6-11(15)13-10-5-3-7-12-9-10/h3-4,7-8,11-12,14,23H,5-6,9-10H2,1-2H3,(H,27,28)(H,24,25,26);3-7,9H,8H2,1-2H3,(H,13,15)/b;6-4+/t14-,21+;/m1./s1. The van der Waals surface area contributed by atoms with E-state index in [1.54, 1.807) is 37.6 Å². The number of fused-ring (bicyclic) bond motifs is 1. The first-order valence-electron chi connectivity index (χ1n) is 14.3. The molecular weight excluding hydrogens is 564 g/mol. The number of rotatable bonds is 8. The van der Waals surface area contributed by atoms with Crippen molar-refractivity contribution in [2.24, 2.45) is 0 Å². The number of anilines is 2. The van der Waals surface area contributed by atoms with Gasteiger partial charge in [-0.05, 0) is 64.9 Å². The van der Waals surface area contributed by atoms with Crippen LogP contribution in [0.4, 0.5) is 11.6 Å². The molecule has 0 aliphatic heterocycles. The Morgan fingerprint density at radius 1 is 1.19 bits per heavy atom. The van der Waals surface area contributed by atoms with Crippen molar-refractivity contribution in [2.45, 2.75) is 51.1 Å². The Balaban J connectivity index is 0.000000239. The molecule has 2 atom stereocenters. The summed E-state index contributed by atoms with van der Waals surface area (Å²) in [5.74, 6) is 0.430. The molecule has 10 nitrogen and oxygen atoms in total. The molecule has 1 aromatic carbocycles. The van der Waals surface area contributed by atoms with Gasteiger partial charge in [-0.1, -0.05) is 35.9 Å². The second-order valence-corrected chi connectivity index (χ2v) is 11.6. The lowest BCUT2D eigenvalue weighted by atomic mass is 9.80. The number of H-pyrrole nitrogens is 1. The summed E-state index contributed by atoms with van der Waals surface area (Å²) < 4.78 is 0. The van der Waals surface area contributed by atoms with E-state index in [0.717, 1.165) is 48.7 Å². The Bertz CT molecular complexity index is 1560. The van der Waals surface area contributed by atoms with Crippen LogP contribution >= 0.6 is 11.6 Å². The molecule has 5 rings (SSSR count). The first-order chi connectivity index (χ1) is 20.6. The van der Waals surface area contributed by atoms with Gasteiger partial charge in [-0.15, -0.1) is 0 Å². The summed E-state index contributed by atoms with van der Waals surface area (Å²) in [6, 6.07) is 11.8. The summed E-state index contributed by atoms with van der Waals surface area (Å²) in [5, 5.41) is 10.8. The van der Waals surface area contributed by atoms with Crippen LogP contribution in [0.1, 0.15) is 39.5 Å². The molecule has 0 bridgehead atoms. The number of para-hydroxylation sites is 1. The van der Waals surface area contributed by atoms with Gasteiger partial charge in [-0.2, -0.15) is 0 Å². The third-order valence-corrected chi connectivity index (χ3v) is 7.32. The number of hydrogen-bond donors (Lipinski definition) is 4. The van der Waals surface area contributed by atoms with Gasteiger partial charge in [-0.3, -0.25) is 14.6 Å². The number of aromatic nitrogens is 4. The van der Waals surface area contributed by atoms with Gasteiger partial charge in [0.25, 0.3) is 0 Å². The van der Waals surface area contributed by atoms with E-state index in [4.69, 9.17) is 16.6 Å². The minimum Gasteiger partial charge on any atom is -0.360 e. The predicted octanol–water partition coefficient (Wildman–Crippen LogP) is 5.67. The van der Waals surface area contributed by atoms with Gasteiger partial charge in [0.15, 0.2) is 0 Å². The van der Waals surface area contributed by atoms with Crippen LogP contribution in [0.25, 0.3) is 22.2 Å². The first kappa shape index (κ1) is 31.7. The highest BCUT2D eigenvalue weighted by Crippen LogP contribution is 2.33. The smallest absolute Gasteiger partial charge is 0.248 e. The van der Waals surface area contributed by atoms with E-state index in [1.165, 1.54) is 6.08 Å². The molecule has 0 spiro atoms. The minimum atomic E-state index is -0.201. The molecule has 0 saturated heterocycles. The number of hydrogen-bond acceptors (Lipinski definition) is 7. The molecule has 1 saturated carbocycles. The highest BCUT2D eigenvalue weighted by atomic mass is 35.5. The van der Waals surface area contributed by atoms with Crippen molar-refractivity contribution in [2.75, 3.05) is 31.3 Å². The third kappa shape index (κ3) is 9.36. The summed E-state index contributed by atoms with van der Waals surface area (Å²) in [6.45, 7) is 4.42. The number of benzene rings is 1. The third-order valence-electron chi connectivity index (χ3n) is 7.05. The van der Waals surface area contributed by atoms with Crippen molar-refractivity contribution < 1.29 is 9.59 Å². The first-order valence-corrected chi connectivity index (χ1v) is 14.7. The van der Waals surface area contributed by atoms with Crippen LogP contribution in [0, 0.1) is 0 Å². The van der Waals surface area contributed by atoms with Crippen molar-refractivity contribution in [1.82, 2.24) is 30.2 Å². The fourth-order valence-electron chi connectivity index (χ4n) is 5.22. The number of carbonyl (C=O) groups is 2. The van der Waals surface area contributed by atoms with Crippen LogP contribution in [-0.4, -0.2) is 68.9 Å². The molecule has 2 amide bonds. The zero-order valence-electron chi connectivity index (χ0n) is 25.0. The molecule has 1 aliphatic carbocycles. The molecule has 0 radical (unpaired) electrons.